The van der Waals surface area contributed by atoms with Crippen molar-refractivity contribution in [2.24, 2.45) is 0 Å². The Labute approximate surface area is 140 Å². The maximum absolute atomic E-state index is 13.4. The molecule has 6 nitrogen and oxygen atoms in total. The highest BCUT2D eigenvalue weighted by Crippen LogP contribution is 2.17. The van der Waals surface area contributed by atoms with E-state index >= 15 is 0 Å². The number of rotatable bonds is 4. The molecule has 3 rings (SSSR count). The number of hydrogen-bond acceptors (Lipinski definition) is 3. The normalized spacial score (nSPS) is 17.0. The number of hydrogen-bond donors (Lipinski definition) is 1. The van der Waals surface area contributed by atoms with Gasteiger partial charge in [0.25, 0.3) is 0 Å². The molecule has 1 atom stereocenters. The molecule has 2 aromatic rings. The number of benzene rings is 1. The van der Waals surface area contributed by atoms with Crippen LogP contribution < -0.4 is 5.32 Å². The summed E-state index contributed by atoms with van der Waals surface area (Å²) in [5, 5.41) is 7.10. The summed E-state index contributed by atoms with van der Waals surface area (Å²) in [5.41, 5.74) is 1.42. The molecule has 0 saturated carbocycles. The van der Waals surface area contributed by atoms with Crippen LogP contribution in [-0.4, -0.2) is 47.0 Å². The largest absolute Gasteiger partial charge is 0.376 e. The van der Waals surface area contributed by atoms with Crippen molar-refractivity contribution in [1.29, 1.82) is 0 Å². The number of anilines is 1. The van der Waals surface area contributed by atoms with E-state index in [1.54, 1.807) is 34.8 Å². The van der Waals surface area contributed by atoms with Gasteiger partial charge in [-0.3, -0.25) is 5.32 Å². The standard InChI is InChI=1S/C17H21FN4O2/c1-12-9-16(20-22(12)14-6-3-5-13(18)10-14)19-17(23)21(2)11-15-7-4-8-24-15/h3,5-6,9-10,15H,4,7-8,11H2,1-2H3,(H,19,20,23). The number of nitrogens with one attached hydrogen (secondary N) is 1. The minimum atomic E-state index is -0.329. The SMILES string of the molecule is Cc1cc(NC(=O)N(C)CC2CCCO2)nn1-c1cccc(F)c1. The van der Waals surface area contributed by atoms with E-state index in [9.17, 15) is 9.18 Å². The summed E-state index contributed by atoms with van der Waals surface area (Å²) in [4.78, 5) is 13.9. The molecule has 1 aromatic carbocycles. The Morgan fingerprint density at radius 3 is 3.04 bits per heavy atom. The van der Waals surface area contributed by atoms with E-state index in [2.05, 4.69) is 10.4 Å². The lowest BCUT2D eigenvalue weighted by atomic mass is 10.2. The van der Waals surface area contributed by atoms with Gasteiger partial charge >= 0.3 is 6.03 Å². The van der Waals surface area contributed by atoms with E-state index in [4.69, 9.17) is 4.74 Å². The molecule has 24 heavy (non-hydrogen) atoms. The van der Waals surface area contributed by atoms with Crippen molar-refractivity contribution >= 4 is 11.8 Å². The third-order valence-corrected chi connectivity index (χ3v) is 4.02. The predicted octanol–water partition coefficient (Wildman–Crippen LogP) is 2.96. The van der Waals surface area contributed by atoms with Crippen LogP contribution in [0.5, 0.6) is 0 Å². The van der Waals surface area contributed by atoms with Crippen LogP contribution >= 0.6 is 0 Å². The van der Waals surface area contributed by atoms with Gasteiger partial charge in [0.1, 0.15) is 5.82 Å². The van der Waals surface area contributed by atoms with E-state index in [0.717, 1.165) is 25.1 Å². The second kappa shape index (κ2) is 7.00. The van der Waals surface area contributed by atoms with Crippen molar-refractivity contribution in [3.8, 4) is 5.69 Å². The minimum absolute atomic E-state index is 0.104. The second-order valence-electron chi connectivity index (χ2n) is 6.01. The zero-order valence-corrected chi connectivity index (χ0v) is 13.8. The Morgan fingerprint density at radius 2 is 2.33 bits per heavy atom. The lowest BCUT2D eigenvalue weighted by Gasteiger charge is -2.20. The number of aryl methyl sites for hydroxylation is 1. The van der Waals surface area contributed by atoms with Gasteiger partial charge in [0.15, 0.2) is 5.82 Å². The third kappa shape index (κ3) is 3.73. The Balaban J connectivity index is 1.67. The van der Waals surface area contributed by atoms with Crippen molar-refractivity contribution in [2.75, 3.05) is 25.5 Å². The van der Waals surface area contributed by atoms with Crippen molar-refractivity contribution in [3.05, 3.63) is 41.8 Å². The van der Waals surface area contributed by atoms with Gasteiger partial charge in [0.2, 0.25) is 0 Å². The van der Waals surface area contributed by atoms with E-state index in [1.807, 2.05) is 6.92 Å². The fourth-order valence-corrected chi connectivity index (χ4v) is 2.79. The van der Waals surface area contributed by atoms with Crippen molar-refractivity contribution in [1.82, 2.24) is 14.7 Å². The molecule has 0 bridgehead atoms. The molecule has 1 N–H and O–H groups in total. The van der Waals surface area contributed by atoms with E-state index in [1.165, 1.54) is 12.1 Å². The van der Waals surface area contributed by atoms with Gasteiger partial charge in [-0.2, -0.15) is 0 Å². The Hall–Kier alpha value is -2.41. The summed E-state index contributed by atoms with van der Waals surface area (Å²) in [7, 11) is 1.73. The minimum Gasteiger partial charge on any atom is -0.376 e. The topological polar surface area (TPSA) is 59.4 Å². The first-order valence-corrected chi connectivity index (χ1v) is 7.99. The number of carbonyl (C=O) groups excluding carboxylic acids is 1. The first kappa shape index (κ1) is 16.4. The van der Waals surface area contributed by atoms with Crippen LogP contribution in [0.4, 0.5) is 15.0 Å². The van der Waals surface area contributed by atoms with Crippen LogP contribution in [0.25, 0.3) is 5.69 Å². The number of aromatic nitrogens is 2. The summed E-state index contributed by atoms with van der Waals surface area (Å²) in [6.07, 6.45) is 2.12. The number of urea groups is 1. The molecular formula is C17H21FN4O2. The van der Waals surface area contributed by atoms with Crippen LogP contribution in [0.3, 0.4) is 0 Å². The number of ether oxygens (including phenoxy) is 1. The lowest BCUT2D eigenvalue weighted by molar-refractivity contribution is 0.0894. The molecule has 1 saturated heterocycles. The number of likely N-dealkylation sites (N-methyl/N-ethyl adjacent to an activating group) is 1. The zero-order chi connectivity index (χ0) is 17.1. The molecule has 0 spiro atoms. The van der Waals surface area contributed by atoms with Gasteiger partial charge in [-0.05, 0) is 38.0 Å². The molecule has 2 heterocycles. The Bertz CT molecular complexity index is 725. The number of amides is 2. The van der Waals surface area contributed by atoms with E-state index < -0.39 is 0 Å². The predicted molar refractivity (Wildman–Crippen MR) is 88.9 cm³/mol. The van der Waals surface area contributed by atoms with Gasteiger partial charge < -0.3 is 9.64 Å². The van der Waals surface area contributed by atoms with Gasteiger partial charge in [-0.25, -0.2) is 13.9 Å². The maximum Gasteiger partial charge on any atom is 0.322 e. The van der Waals surface area contributed by atoms with Gasteiger partial charge in [0.05, 0.1) is 11.8 Å². The molecule has 1 aliphatic rings. The molecule has 7 heteroatoms. The molecular weight excluding hydrogens is 311 g/mol. The summed E-state index contributed by atoms with van der Waals surface area (Å²) in [6.45, 7) is 3.16. The fourth-order valence-electron chi connectivity index (χ4n) is 2.79. The first-order valence-electron chi connectivity index (χ1n) is 7.99. The van der Waals surface area contributed by atoms with Crippen molar-refractivity contribution in [2.45, 2.75) is 25.9 Å². The monoisotopic (exact) mass is 332 g/mol. The van der Waals surface area contributed by atoms with E-state index in [-0.39, 0.29) is 18.0 Å². The summed E-state index contributed by atoms with van der Waals surface area (Å²) < 4.78 is 20.5. The fraction of sp³-hybridized carbons (Fsp3) is 0.412. The van der Waals surface area contributed by atoms with Gasteiger partial charge in [-0.15, -0.1) is 5.10 Å². The van der Waals surface area contributed by atoms with Crippen LogP contribution in [0.15, 0.2) is 30.3 Å². The quantitative estimate of drug-likeness (QED) is 0.936. The molecule has 1 aliphatic heterocycles. The molecule has 1 fully saturated rings. The number of halogens is 1. The van der Waals surface area contributed by atoms with Gasteiger partial charge in [0, 0.05) is 32.0 Å². The smallest absolute Gasteiger partial charge is 0.322 e. The Morgan fingerprint density at radius 1 is 1.50 bits per heavy atom. The van der Waals surface area contributed by atoms with Crippen LogP contribution in [-0.2, 0) is 4.74 Å². The average molecular weight is 332 g/mol. The summed E-state index contributed by atoms with van der Waals surface area (Å²) in [6, 6.07) is 7.68. The molecule has 2 amide bonds. The van der Waals surface area contributed by atoms with Gasteiger partial charge in [-0.1, -0.05) is 6.07 Å². The molecule has 1 unspecified atom stereocenters. The Kier molecular flexibility index (Phi) is 4.80. The second-order valence-corrected chi connectivity index (χ2v) is 6.01. The maximum atomic E-state index is 13.4. The highest BCUT2D eigenvalue weighted by atomic mass is 19.1. The van der Waals surface area contributed by atoms with E-state index in [0.29, 0.717) is 18.1 Å². The highest BCUT2D eigenvalue weighted by molar-refractivity contribution is 5.88. The average Bonchev–Trinajstić information content (AvgIpc) is 3.17. The summed E-state index contributed by atoms with van der Waals surface area (Å²) >= 11 is 0. The summed E-state index contributed by atoms with van der Waals surface area (Å²) in [5.74, 6) is 0.102. The third-order valence-electron chi connectivity index (χ3n) is 4.02. The number of carbonyl (C=O) groups is 1. The van der Waals surface area contributed by atoms with Crippen molar-refractivity contribution in [3.63, 3.8) is 0 Å². The first-order chi connectivity index (χ1) is 11.5. The van der Waals surface area contributed by atoms with Crippen LogP contribution in [0.1, 0.15) is 18.5 Å². The van der Waals surface area contributed by atoms with Crippen molar-refractivity contribution < 1.29 is 13.9 Å². The molecule has 0 radical (unpaired) electrons. The molecule has 1 aromatic heterocycles. The zero-order valence-electron chi connectivity index (χ0n) is 13.8. The number of nitrogens with zero attached hydrogens (tertiary/aromatic N) is 3. The molecule has 0 aliphatic carbocycles. The lowest BCUT2D eigenvalue weighted by Crippen LogP contribution is -2.37. The van der Waals surface area contributed by atoms with Crippen LogP contribution in [0, 0.1) is 12.7 Å². The highest BCUT2D eigenvalue weighted by Gasteiger charge is 2.20. The van der Waals surface area contributed by atoms with Crippen LogP contribution in [0.2, 0.25) is 0 Å². The molecule has 128 valence electrons.